The van der Waals surface area contributed by atoms with Crippen LogP contribution in [0.15, 0.2) is 24.3 Å². The van der Waals surface area contributed by atoms with E-state index in [0.717, 1.165) is 16.6 Å². The summed E-state index contributed by atoms with van der Waals surface area (Å²) in [4.78, 5) is 0. The summed E-state index contributed by atoms with van der Waals surface area (Å²) >= 11 is -2.13. The van der Waals surface area contributed by atoms with Crippen LogP contribution in [0.1, 0.15) is 70.4 Å². The monoisotopic (exact) mass is 465 g/mol. The third-order valence-corrected chi connectivity index (χ3v) is 22.1. The predicted molar refractivity (Wildman–Crippen MR) is 117 cm³/mol. The fourth-order valence-corrected chi connectivity index (χ4v) is 22.9. The van der Waals surface area contributed by atoms with Gasteiger partial charge in [0.15, 0.2) is 0 Å². The minimum atomic E-state index is -2.13. The van der Waals surface area contributed by atoms with Gasteiger partial charge in [0.05, 0.1) is 0 Å². The second-order valence-corrected chi connectivity index (χ2v) is 22.6. The standard InChI is InChI=1S/C11H14N2.3C4H9.Sn/c1-13(2,3)9-11-6-4-10(8-12)5-7-11;3*1-3-4-2;/h4-7H,1,9H2,2-3H3;3*1,3-4H2,2H3;/q+1;;;;. The van der Waals surface area contributed by atoms with E-state index >= 15 is 0 Å². The molecule has 0 aromatic heterocycles. The van der Waals surface area contributed by atoms with E-state index in [9.17, 15) is 0 Å². The third-order valence-electron chi connectivity index (χ3n) is 5.64. The molecule has 1 rings (SSSR count). The first-order valence-electron chi connectivity index (χ1n) is 10.7. The number of unbranched alkanes of at least 4 members (excludes halogenated alkanes) is 3. The Kier molecular flexibility index (Phi) is 10.9. The average molecular weight is 464 g/mol. The van der Waals surface area contributed by atoms with Gasteiger partial charge in [0.25, 0.3) is 0 Å². The summed E-state index contributed by atoms with van der Waals surface area (Å²) in [6.45, 7) is 8.15. The van der Waals surface area contributed by atoms with Crippen LogP contribution in [0.25, 0.3) is 0 Å². The molecule has 0 fully saturated rings. The van der Waals surface area contributed by atoms with Crippen molar-refractivity contribution >= 4 is 18.4 Å². The molecule has 0 aliphatic heterocycles. The Bertz CT molecular complexity index is 521. The van der Waals surface area contributed by atoms with Crippen molar-refractivity contribution in [3.05, 3.63) is 35.4 Å². The van der Waals surface area contributed by atoms with E-state index in [2.05, 4.69) is 53.1 Å². The van der Waals surface area contributed by atoms with Crippen LogP contribution < -0.4 is 0 Å². The van der Waals surface area contributed by atoms with Crippen molar-refractivity contribution in [2.75, 3.05) is 18.7 Å². The van der Waals surface area contributed by atoms with Gasteiger partial charge in [0, 0.05) is 0 Å². The zero-order chi connectivity index (χ0) is 19.5. The predicted octanol–water partition coefficient (Wildman–Crippen LogP) is 6.52. The summed E-state index contributed by atoms with van der Waals surface area (Å²) in [5.41, 5.74) is 2.14. The van der Waals surface area contributed by atoms with Gasteiger partial charge in [-0.05, 0) is 0 Å². The summed E-state index contributed by atoms with van der Waals surface area (Å²) in [5.74, 6) is 0. The van der Waals surface area contributed by atoms with Gasteiger partial charge in [-0.3, -0.25) is 0 Å². The Labute approximate surface area is 167 Å². The van der Waals surface area contributed by atoms with Crippen LogP contribution in [0.5, 0.6) is 0 Å². The quantitative estimate of drug-likeness (QED) is 0.241. The molecule has 0 radical (unpaired) electrons. The van der Waals surface area contributed by atoms with Crippen molar-refractivity contribution < 1.29 is 4.48 Å². The van der Waals surface area contributed by atoms with Crippen LogP contribution >= 0.6 is 0 Å². The topological polar surface area (TPSA) is 23.8 Å². The number of benzene rings is 1. The molecular formula is C23H41N2Sn+. The van der Waals surface area contributed by atoms with E-state index in [0.29, 0.717) is 0 Å². The van der Waals surface area contributed by atoms with Crippen LogP contribution in [0, 0.1) is 11.3 Å². The molecule has 0 spiro atoms. The van der Waals surface area contributed by atoms with Gasteiger partial charge in [-0.2, -0.15) is 0 Å². The van der Waals surface area contributed by atoms with E-state index in [-0.39, 0.29) is 0 Å². The Balaban J connectivity index is 2.93. The summed E-state index contributed by atoms with van der Waals surface area (Å²) in [6, 6.07) is 10.5. The van der Waals surface area contributed by atoms with Crippen LogP contribution in [0.3, 0.4) is 0 Å². The summed E-state index contributed by atoms with van der Waals surface area (Å²) in [6.07, 6.45) is 8.38. The van der Waals surface area contributed by atoms with Crippen LogP contribution in [-0.2, 0) is 6.54 Å². The molecule has 0 N–H and O–H groups in total. The van der Waals surface area contributed by atoms with Crippen molar-refractivity contribution in [1.82, 2.24) is 0 Å². The molecule has 0 bridgehead atoms. The van der Waals surface area contributed by atoms with E-state index in [4.69, 9.17) is 5.26 Å². The summed E-state index contributed by atoms with van der Waals surface area (Å²) in [7, 11) is 4.88. The number of nitriles is 1. The number of quaternary nitrogens is 1. The maximum absolute atomic E-state index is 9.02. The zero-order valence-electron chi connectivity index (χ0n) is 18.0. The Morgan fingerprint density at radius 2 is 1.31 bits per heavy atom. The molecule has 3 heteroatoms. The zero-order valence-corrected chi connectivity index (χ0v) is 20.8. The molecular weight excluding hydrogens is 423 g/mol. The molecule has 1 aromatic carbocycles. The van der Waals surface area contributed by atoms with Crippen LogP contribution in [-0.4, -0.2) is 41.5 Å². The van der Waals surface area contributed by atoms with Crippen molar-refractivity contribution in [1.29, 1.82) is 5.26 Å². The van der Waals surface area contributed by atoms with Crippen molar-refractivity contribution in [2.24, 2.45) is 0 Å². The van der Waals surface area contributed by atoms with Crippen LogP contribution in [0.4, 0.5) is 0 Å². The van der Waals surface area contributed by atoms with Gasteiger partial charge in [-0.1, -0.05) is 0 Å². The molecule has 0 atom stereocenters. The van der Waals surface area contributed by atoms with E-state index in [1.54, 1.807) is 13.3 Å². The van der Waals surface area contributed by atoms with Crippen LogP contribution in [0.2, 0.25) is 13.3 Å². The molecule has 0 amide bonds. The second-order valence-electron chi connectivity index (χ2n) is 8.87. The van der Waals surface area contributed by atoms with Gasteiger partial charge in [0.1, 0.15) is 0 Å². The van der Waals surface area contributed by atoms with Gasteiger partial charge in [-0.25, -0.2) is 0 Å². The van der Waals surface area contributed by atoms with Crippen molar-refractivity contribution in [3.63, 3.8) is 0 Å². The normalized spacial score (nSPS) is 12.2. The minimum absolute atomic E-state index is 0.765. The number of rotatable bonds is 13. The first-order valence-corrected chi connectivity index (χ1v) is 18.8. The maximum atomic E-state index is 9.02. The van der Waals surface area contributed by atoms with Gasteiger partial charge in [0.2, 0.25) is 0 Å². The number of hydrogen-bond donors (Lipinski definition) is 0. The van der Waals surface area contributed by atoms with E-state index < -0.39 is 18.4 Å². The molecule has 0 unspecified atom stereocenters. The Morgan fingerprint density at radius 3 is 1.69 bits per heavy atom. The second kappa shape index (κ2) is 12.0. The molecule has 0 heterocycles. The number of nitrogens with zero attached hydrogens (tertiary/aromatic N) is 2. The molecule has 26 heavy (non-hydrogen) atoms. The fraction of sp³-hybridized carbons (Fsp3) is 0.696. The third kappa shape index (κ3) is 8.44. The average Bonchev–Trinajstić information content (AvgIpc) is 2.63. The van der Waals surface area contributed by atoms with E-state index in [1.807, 2.05) is 12.1 Å². The molecule has 0 saturated carbocycles. The van der Waals surface area contributed by atoms with Gasteiger partial charge < -0.3 is 0 Å². The van der Waals surface area contributed by atoms with Gasteiger partial charge in [-0.15, -0.1) is 0 Å². The Hall–Kier alpha value is -0.531. The molecule has 146 valence electrons. The van der Waals surface area contributed by atoms with Gasteiger partial charge >= 0.3 is 167 Å². The molecule has 0 aliphatic rings. The van der Waals surface area contributed by atoms with Crippen molar-refractivity contribution in [2.45, 2.75) is 79.2 Å². The first kappa shape index (κ1) is 23.5. The molecule has 1 aromatic rings. The van der Waals surface area contributed by atoms with E-state index in [1.165, 1.54) is 48.6 Å². The summed E-state index contributed by atoms with van der Waals surface area (Å²) < 4.78 is 7.34. The Morgan fingerprint density at radius 1 is 0.846 bits per heavy atom. The SMILES string of the molecule is CCC[CH2][Sn]([CH2]CCC)([CH2]CCC)[CH2][N+](C)(C)Cc1ccc(C#N)cc1. The fourth-order valence-electron chi connectivity index (χ4n) is 4.41. The number of hydrogen-bond acceptors (Lipinski definition) is 1. The van der Waals surface area contributed by atoms with Crippen molar-refractivity contribution in [3.8, 4) is 6.07 Å². The summed E-state index contributed by atoms with van der Waals surface area (Å²) in [5, 5.41) is 9.02. The molecule has 0 saturated heterocycles. The first-order chi connectivity index (χ1) is 12.4. The molecule has 0 aliphatic carbocycles. The molecule has 2 nitrogen and oxygen atoms in total.